The Balaban J connectivity index is 2.18. The third-order valence-electron chi connectivity index (χ3n) is 8.06. The highest BCUT2D eigenvalue weighted by Crippen LogP contribution is 2.60. The first-order chi connectivity index (χ1) is 19.8. The van der Waals surface area contributed by atoms with Gasteiger partial charge in [0, 0.05) is 39.3 Å². The topological polar surface area (TPSA) is 150 Å². The van der Waals surface area contributed by atoms with E-state index in [-0.39, 0.29) is 57.6 Å². The van der Waals surface area contributed by atoms with E-state index >= 15 is 0 Å². The summed E-state index contributed by atoms with van der Waals surface area (Å²) in [6, 6.07) is 2.99. The van der Waals surface area contributed by atoms with Gasteiger partial charge in [0.2, 0.25) is 18.3 Å². The van der Waals surface area contributed by atoms with E-state index in [1.165, 1.54) is 33.3 Å². The van der Waals surface area contributed by atoms with Crippen molar-refractivity contribution in [3.63, 3.8) is 0 Å². The molecular formula is C31H36O11. The lowest BCUT2D eigenvalue weighted by molar-refractivity contribution is -0.181. The largest absolute Gasteiger partial charge is 0.504 e. The molecule has 0 bridgehead atoms. The van der Waals surface area contributed by atoms with Gasteiger partial charge < -0.3 is 43.7 Å². The number of esters is 2. The zero-order valence-corrected chi connectivity index (χ0v) is 24.9. The second-order valence-electron chi connectivity index (χ2n) is 10.4. The molecule has 0 amide bonds. The van der Waals surface area contributed by atoms with Crippen molar-refractivity contribution in [3.05, 3.63) is 46.6 Å². The van der Waals surface area contributed by atoms with Gasteiger partial charge in [-0.25, -0.2) is 9.59 Å². The summed E-state index contributed by atoms with van der Waals surface area (Å²) in [4.78, 5) is 26.3. The monoisotopic (exact) mass is 584 g/mol. The first-order valence-electron chi connectivity index (χ1n) is 13.4. The first-order valence-corrected chi connectivity index (χ1v) is 13.4. The third kappa shape index (κ3) is 4.87. The highest BCUT2D eigenvalue weighted by atomic mass is 16.7. The molecule has 4 atom stereocenters. The van der Waals surface area contributed by atoms with Crippen LogP contribution in [0.5, 0.6) is 34.5 Å². The summed E-state index contributed by atoms with van der Waals surface area (Å²) in [5.74, 6) is -3.10. The van der Waals surface area contributed by atoms with Crippen LogP contribution < -0.4 is 18.9 Å². The first kappa shape index (κ1) is 30.6. The van der Waals surface area contributed by atoms with E-state index < -0.39 is 47.2 Å². The van der Waals surface area contributed by atoms with Crippen LogP contribution in [0.1, 0.15) is 64.9 Å². The van der Waals surface area contributed by atoms with Gasteiger partial charge in [0.15, 0.2) is 29.1 Å². The number of hydrogen-bond acceptors (Lipinski definition) is 11. The quantitative estimate of drug-likeness (QED) is 0.310. The van der Waals surface area contributed by atoms with Crippen LogP contribution in [0.25, 0.3) is 11.1 Å². The lowest BCUT2D eigenvalue weighted by atomic mass is 9.71. The Labute approximate surface area is 243 Å². The number of allylic oxidation sites excluding steroid dienone is 2. The smallest absolute Gasteiger partial charge is 0.334 e. The molecule has 0 fully saturated rings. The Kier molecular flexibility index (Phi) is 8.36. The lowest BCUT2D eigenvalue weighted by Crippen LogP contribution is -2.46. The Morgan fingerprint density at radius 2 is 1.52 bits per heavy atom. The van der Waals surface area contributed by atoms with E-state index in [1.807, 2.05) is 0 Å². The van der Waals surface area contributed by atoms with Crippen molar-refractivity contribution < 1.29 is 53.3 Å². The summed E-state index contributed by atoms with van der Waals surface area (Å²) in [7, 11) is 2.68. The van der Waals surface area contributed by atoms with Crippen molar-refractivity contribution in [2.75, 3.05) is 21.0 Å². The second-order valence-corrected chi connectivity index (χ2v) is 10.4. The highest BCUT2D eigenvalue weighted by molar-refractivity contribution is 5.91. The van der Waals surface area contributed by atoms with Crippen molar-refractivity contribution in [3.8, 4) is 45.6 Å². The van der Waals surface area contributed by atoms with Crippen LogP contribution in [0.4, 0.5) is 0 Å². The molecule has 2 aromatic rings. The van der Waals surface area contributed by atoms with Gasteiger partial charge in [-0.05, 0) is 46.8 Å². The number of phenols is 2. The number of methoxy groups -OCH3 is 2. The maximum atomic E-state index is 13.2. The summed E-state index contributed by atoms with van der Waals surface area (Å²) >= 11 is 0. The summed E-state index contributed by atoms with van der Waals surface area (Å²) < 4.78 is 33.9. The second kappa shape index (κ2) is 11.5. The van der Waals surface area contributed by atoms with Crippen LogP contribution in [0.3, 0.4) is 0 Å². The number of carbonyl (C=O) groups is 2. The van der Waals surface area contributed by atoms with Gasteiger partial charge in [0.05, 0.1) is 14.2 Å². The van der Waals surface area contributed by atoms with Crippen molar-refractivity contribution in [1.82, 2.24) is 0 Å². The molecule has 2 aromatic carbocycles. The van der Waals surface area contributed by atoms with E-state index in [4.69, 9.17) is 28.4 Å². The average Bonchev–Trinajstić information content (AvgIpc) is 3.45. The fraction of sp³-hybridized carbons (Fsp3) is 0.419. The van der Waals surface area contributed by atoms with Crippen LogP contribution in [-0.2, 0) is 19.1 Å². The van der Waals surface area contributed by atoms with Crippen LogP contribution >= 0.6 is 0 Å². The number of rotatable bonds is 6. The van der Waals surface area contributed by atoms with E-state index in [9.17, 15) is 24.9 Å². The minimum atomic E-state index is -1.93. The molecule has 11 nitrogen and oxygen atoms in total. The summed E-state index contributed by atoms with van der Waals surface area (Å²) in [6.45, 7) is 9.37. The summed E-state index contributed by atoms with van der Waals surface area (Å²) in [6.07, 6.45) is 0.442. The van der Waals surface area contributed by atoms with E-state index in [0.29, 0.717) is 5.57 Å². The normalized spacial score (nSPS) is 23.2. The van der Waals surface area contributed by atoms with Crippen LogP contribution in [0, 0.1) is 5.92 Å². The predicted molar refractivity (Wildman–Crippen MR) is 151 cm³/mol. The molecule has 0 saturated heterocycles. The number of benzene rings is 2. The molecule has 1 heterocycles. The lowest BCUT2D eigenvalue weighted by Gasteiger charge is -2.43. The Morgan fingerprint density at radius 1 is 0.929 bits per heavy atom. The fourth-order valence-corrected chi connectivity index (χ4v) is 5.12. The highest BCUT2D eigenvalue weighted by Gasteiger charge is 2.51. The fourth-order valence-electron chi connectivity index (χ4n) is 5.12. The van der Waals surface area contributed by atoms with Crippen molar-refractivity contribution >= 4 is 11.9 Å². The van der Waals surface area contributed by atoms with Crippen LogP contribution in [0.15, 0.2) is 35.4 Å². The van der Waals surface area contributed by atoms with Crippen LogP contribution in [0.2, 0.25) is 0 Å². The molecule has 4 rings (SSSR count). The molecule has 0 spiro atoms. The zero-order chi connectivity index (χ0) is 31.1. The minimum Gasteiger partial charge on any atom is -0.504 e. The number of aromatic hydroxyl groups is 2. The SMILES string of the molecule is C/C=C(/C)C(=O)O[C@@H]1c2cc3c(c(O)c2-c2c(cc(OC)c(OC)c2O)[C@@H](OC(=O)/C(C)=C\C)[C@@](C)(O)[C@H]1C)OCO3. The predicted octanol–water partition coefficient (Wildman–Crippen LogP) is 5.01. The number of aliphatic hydroxyl groups is 1. The average molecular weight is 585 g/mol. The van der Waals surface area contributed by atoms with Crippen molar-refractivity contribution in [1.29, 1.82) is 0 Å². The number of hydrogen-bond donors (Lipinski definition) is 3. The molecule has 2 aliphatic rings. The van der Waals surface area contributed by atoms with Crippen LogP contribution in [-0.4, -0.2) is 53.9 Å². The standard InChI is InChI=1S/C31H36O11/c1-9-14(3)29(34)41-25-16(5)31(6,36)28(42-30(35)15(4)10-2)18-12-19(37-7)26(38-8)23(32)22(18)21-17(25)11-20-27(24(21)33)40-13-39-20/h9-12,16,25,28,32-33,36H,13H2,1-8H3/b14-9-,15-10-/t16-,25-,28+,31-/m0/s1. The molecular weight excluding hydrogens is 548 g/mol. The molecule has 42 heavy (non-hydrogen) atoms. The Bertz CT molecular complexity index is 1480. The number of ether oxygens (including phenoxy) is 6. The molecule has 0 aromatic heterocycles. The summed E-state index contributed by atoms with van der Waals surface area (Å²) in [5.41, 5.74) is -1.09. The van der Waals surface area contributed by atoms with E-state index in [1.54, 1.807) is 46.8 Å². The molecule has 3 N–H and O–H groups in total. The van der Waals surface area contributed by atoms with Gasteiger partial charge in [-0.3, -0.25) is 0 Å². The maximum Gasteiger partial charge on any atom is 0.334 e. The van der Waals surface area contributed by atoms with Gasteiger partial charge >= 0.3 is 11.9 Å². The molecule has 226 valence electrons. The summed E-state index contributed by atoms with van der Waals surface area (Å²) in [5, 5.41) is 35.5. The maximum absolute atomic E-state index is 13.2. The molecule has 0 saturated carbocycles. The molecule has 1 aliphatic carbocycles. The molecule has 0 unspecified atom stereocenters. The van der Waals surface area contributed by atoms with Gasteiger partial charge in [-0.1, -0.05) is 19.1 Å². The van der Waals surface area contributed by atoms with Crippen molar-refractivity contribution in [2.24, 2.45) is 5.92 Å². The van der Waals surface area contributed by atoms with E-state index in [2.05, 4.69) is 0 Å². The molecule has 11 heteroatoms. The zero-order valence-electron chi connectivity index (χ0n) is 24.9. The number of carbonyl (C=O) groups excluding carboxylic acids is 2. The number of phenolic OH excluding ortho intramolecular Hbond substituents is 2. The third-order valence-corrected chi connectivity index (χ3v) is 8.06. The van der Waals surface area contributed by atoms with E-state index in [0.717, 1.165) is 0 Å². The molecule has 0 radical (unpaired) electrons. The Morgan fingerprint density at radius 3 is 2.10 bits per heavy atom. The van der Waals surface area contributed by atoms with Gasteiger partial charge in [-0.2, -0.15) is 0 Å². The van der Waals surface area contributed by atoms with Gasteiger partial charge in [0.1, 0.15) is 11.7 Å². The van der Waals surface area contributed by atoms with Gasteiger partial charge in [-0.15, -0.1) is 0 Å². The van der Waals surface area contributed by atoms with Crippen molar-refractivity contribution in [2.45, 2.75) is 59.4 Å². The number of fused-ring (bicyclic) bond motifs is 4. The van der Waals surface area contributed by atoms with Gasteiger partial charge in [0.25, 0.3) is 0 Å². The molecule has 1 aliphatic heterocycles. The minimum absolute atomic E-state index is 0.00175. The Hall–Kier alpha value is -4.38.